The molecule has 12 heteroatoms. The third-order valence-electron chi connectivity index (χ3n) is 6.80. The first-order chi connectivity index (χ1) is 20.0. The molecule has 5 aromatic rings. The lowest BCUT2D eigenvalue weighted by Crippen LogP contribution is -2.33. The van der Waals surface area contributed by atoms with Gasteiger partial charge in [0, 0.05) is 17.1 Å². The molecule has 2 aromatic heterocycles. The highest BCUT2D eigenvalue weighted by atomic mass is 16.6. The summed E-state index contributed by atoms with van der Waals surface area (Å²) in [5.41, 5.74) is 13.4. The standard InChI is InChI=1S/C29H28N8O4/c30-26-23-27(36(17-31-23)28-25(40)24(39)22(16-38)41-28)34-29(33-26)35-32-15-18-11-13-21(14-12-18)37(19-7-3-1-4-8-19)20-9-5-2-6-10-20/h1-15,17,22,24-25,28,38-40H,16H2,(H3,30,33,34,35)/t22-,24-,25-,28-/m1/s1. The molecule has 4 atom stereocenters. The minimum Gasteiger partial charge on any atom is -0.394 e. The van der Waals surface area contributed by atoms with Crippen LogP contribution in [0.3, 0.4) is 0 Å². The summed E-state index contributed by atoms with van der Waals surface area (Å²) in [7, 11) is 0. The lowest BCUT2D eigenvalue weighted by molar-refractivity contribution is -0.0511. The number of benzene rings is 3. The molecular weight excluding hydrogens is 524 g/mol. The van der Waals surface area contributed by atoms with E-state index in [1.54, 1.807) is 6.21 Å². The lowest BCUT2D eigenvalue weighted by atomic mass is 10.1. The average molecular weight is 553 g/mol. The number of ether oxygens (including phenoxy) is 1. The number of aliphatic hydroxyl groups is 3. The third kappa shape index (κ3) is 5.19. The van der Waals surface area contributed by atoms with Crippen LogP contribution < -0.4 is 16.1 Å². The topological polar surface area (TPSA) is 167 Å². The summed E-state index contributed by atoms with van der Waals surface area (Å²) >= 11 is 0. The molecule has 0 spiro atoms. The van der Waals surface area contributed by atoms with Crippen molar-refractivity contribution in [2.75, 3.05) is 22.7 Å². The van der Waals surface area contributed by atoms with Crippen LogP contribution in [0, 0.1) is 0 Å². The molecule has 0 saturated carbocycles. The number of imidazole rings is 1. The molecule has 6 rings (SSSR count). The quantitative estimate of drug-likeness (QED) is 0.143. The molecule has 0 bridgehead atoms. The van der Waals surface area contributed by atoms with Gasteiger partial charge in [0.2, 0.25) is 5.95 Å². The molecule has 1 fully saturated rings. The highest BCUT2D eigenvalue weighted by molar-refractivity contribution is 5.84. The highest BCUT2D eigenvalue weighted by Crippen LogP contribution is 2.34. The number of hydrogen-bond donors (Lipinski definition) is 5. The van der Waals surface area contributed by atoms with Crippen LogP contribution in [0.25, 0.3) is 11.2 Å². The van der Waals surface area contributed by atoms with Crippen molar-refractivity contribution >= 4 is 46.2 Å². The van der Waals surface area contributed by atoms with Gasteiger partial charge in [-0.25, -0.2) is 10.4 Å². The molecule has 1 aliphatic heterocycles. The van der Waals surface area contributed by atoms with Gasteiger partial charge in [-0.3, -0.25) is 4.57 Å². The Morgan fingerprint density at radius 1 is 0.902 bits per heavy atom. The van der Waals surface area contributed by atoms with Gasteiger partial charge >= 0.3 is 0 Å². The van der Waals surface area contributed by atoms with E-state index in [1.807, 2.05) is 60.7 Å². The Bertz CT molecular complexity index is 1610. The van der Waals surface area contributed by atoms with Crippen LogP contribution in [0.5, 0.6) is 0 Å². The van der Waals surface area contributed by atoms with Crippen molar-refractivity contribution in [2.45, 2.75) is 24.5 Å². The fourth-order valence-electron chi connectivity index (χ4n) is 4.76. The maximum absolute atomic E-state index is 10.4. The number of aromatic nitrogens is 4. The number of nitrogen functional groups attached to an aromatic ring is 1. The average Bonchev–Trinajstić information content (AvgIpc) is 3.55. The van der Waals surface area contributed by atoms with E-state index >= 15 is 0 Å². The Labute approximate surface area is 235 Å². The molecule has 41 heavy (non-hydrogen) atoms. The van der Waals surface area contributed by atoms with Crippen LogP contribution >= 0.6 is 0 Å². The maximum atomic E-state index is 10.4. The summed E-state index contributed by atoms with van der Waals surface area (Å²) in [5, 5.41) is 34.2. The second-order valence-electron chi connectivity index (χ2n) is 9.45. The van der Waals surface area contributed by atoms with Gasteiger partial charge in [-0.2, -0.15) is 15.1 Å². The zero-order valence-electron chi connectivity index (χ0n) is 21.8. The first-order valence-corrected chi connectivity index (χ1v) is 13.0. The van der Waals surface area contributed by atoms with E-state index in [-0.39, 0.29) is 17.4 Å². The predicted octanol–water partition coefficient (Wildman–Crippen LogP) is 2.94. The molecular formula is C29H28N8O4. The van der Waals surface area contributed by atoms with E-state index in [0.717, 1.165) is 22.6 Å². The summed E-state index contributed by atoms with van der Waals surface area (Å²) < 4.78 is 7.05. The fraction of sp³-hybridized carbons (Fsp3) is 0.172. The normalized spacial score (nSPS) is 20.6. The van der Waals surface area contributed by atoms with Crippen molar-refractivity contribution in [3.05, 3.63) is 96.8 Å². The molecule has 0 amide bonds. The van der Waals surface area contributed by atoms with Crippen LogP contribution in [0.4, 0.5) is 28.8 Å². The number of nitrogens with zero attached hydrogens (tertiary/aromatic N) is 6. The van der Waals surface area contributed by atoms with E-state index in [9.17, 15) is 15.3 Å². The van der Waals surface area contributed by atoms with Crippen molar-refractivity contribution in [1.29, 1.82) is 0 Å². The van der Waals surface area contributed by atoms with E-state index < -0.39 is 31.1 Å². The number of hydrogen-bond acceptors (Lipinski definition) is 11. The number of fused-ring (bicyclic) bond motifs is 1. The fourth-order valence-corrected chi connectivity index (χ4v) is 4.76. The van der Waals surface area contributed by atoms with Crippen molar-refractivity contribution in [2.24, 2.45) is 5.10 Å². The summed E-state index contributed by atoms with van der Waals surface area (Å²) in [6.07, 6.45) is -1.48. The first kappa shape index (κ1) is 26.3. The van der Waals surface area contributed by atoms with Crippen LogP contribution in [0.2, 0.25) is 0 Å². The second kappa shape index (κ2) is 11.3. The molecule has 3 aromatic carbocycles. The predicted molar refractivity (Wildman–Crippen MR) is 155 cm³/mol. The van der Waals surface area contributed by atoms with Gasteiger partial charge in [-0.05, 0) is 42.0 Å². The van der Waals surface area contributed by atoms with Gasteiger partial charge in [-0.1, -0.05) is 48.5 Å². The minimum absolute atomic E-state index is 0.101. The van der Waals surface area contributed by atoms with E-state index in [4.69, 9.17) is 10.5 Å². The number of aliphatic hydroxyl groups excluding tert-OH is 3. The molecule has 1 saturated heterocycles. The summed E-state index contributed by atoms with van der Waals surface area (Å²) in [6, 6.07) is 28.2. The number of anilines is 5. The lowest BCUT2D eigenvalue weighted by Gasteiger charge is -2.25. The maximum Gasteiger partial charge on any atom is 0.247 e. The monoisotopic (exact) mass is 552 g/mol. The smallest absolute Gasteiger partial charge is 0.247 e. The van der Waals surface area contributed by atoms with Gasteiger partial charge in [-0.15, -0.1) is 0 Å². The van der Waals surface area contributed by atoms with Crippen LogP contribution in [-0.4, -0.2) is 66.0 Å². The van der Waals surface area contributed by atoms with Crippen molar-refractivity contribution in [3.8, 4) is 0 Å². The van der Waals surface area contributed by atoms with Crippen molar-refractivity contribution < 1.29 is 20.1 Å². The van der Waals surface area contributed by atoms with Crippen molar-refractivity contribution in [1.82, 2.24) is 19.5 Å². The molecule has 0 radical (unpaired) electrons. The van der Waals surface area contributed by atoms with Crippen LogP contribution in [0.1, 0.15) is 11.8 Å². The minimum atomic E-state index is -1.29. The molecule has 3 heterocycles. The zero-order valence-corrected chi connectivity index (χ0v) is 21.8. The summed E-state index contributed by atoms with van der Waals surface area (Å²) in [6.45, 7) is -0.447. The van der Waals surface area contributed by atoms with Gasteiger partial charge in [0.05, 0.1) is 19.1 Å². The molecule has 6 N–H and O–H groups in total. The van der Waals surface area contributed by atoms with Crippen molar-refractivity contribution in [3.63, 3.8) is 0 Å². The highest BCUT2D eigenvalue weighted by Gasteiger charge is 2.44. The Morgan fingerprint density at radius 3 is 2.15 bits per heavy atom. The molecule has 1 aliphatic rings. The Morgan fingerprint density at radius 2 is 1.54 bits per heavy atom. The number of nitrogens with one attached hydrogen (secondary N) is 1. The molecule has 0 aliphatic carbocycles. The van der Waals surface area contributed by atoms with Gasteiger partial charge in [0.1, 0.15) is 23.8 Å². The zero-order chi connectivity index (χ0) is 28.3. The number of para-hydroxylation sites is 2. The van der Waals surface area contributed by atoms with Gasteiger partial charge in [0.15, 0.2) is 17.7 Å². The number of nitrogens with two attached hydrogens (primary N) is 1. The Balaban J connectivity index is 1.21. The van der Waals surface area contributed by atoms with Crippen LogP contribution in [-0.2, 0) is 4.74 Å². The molecule has 0 unspecified atom stereocenters. The summed E-state index contributed by atoms with van der Waals surface area (Å²) in [4.78, 5) is 15.0. The van der Waals surface area contributed by atoms with Gasteiger partial charge < -0.3 is 30.7 Å². The third-order valence-corrected chi connectivity index (χ3v) is 6.80. The van der Waals surface area contributed by atoms with E-state index in [0.29, 0.717) is 5.52 Å². The van der Waals surface area contributed by atoms with Crippen LogP contribution in [0.15, 0.2) is 96.4 Å². The second-order valence-corrected chi connectivity index (χ2v) is 9.45. The summed E-state index contributed by atoms with van der Waals surface area (Å²) in [5.74, 6) is 0.208. The Hall–Kier alpha value is -4.88. The first-order valence-electron chi connectivity index (χ1n) is 13.0. The number of hydrazone groups is 1. The SMILES string of the molecule is Nc1nc(NN=Cc2ccc(N(c3ccccc3)c3ccccc3)cc2)nc2c1ncn2[C@@H]1O[C@H](CO)[C@@H](O)[C@H]1O. The molecule has 208 valence electrons. The van der Waals surface area contributed by atoms with E-state index in [1.165, 1.54) is 10.9 Å². The number of rotatable bonds is 8. The largest absolute Gasteiger partial charge is 0.394 e. The molecule has 12 nitrogen and oxygen atoms in total. The Kier molecular flexibility index (Phi) is 7.27. The van der Waals surface area contributed by atoms with Gasteiger partial charge in [0.25, 0.3) is 0 Å². The van der Waals surface area contributed by atoms with E-state index in [2.05, 4.69) is 54.6 Å².